The number of nitrogens with one attached hydrogen (secondary N) is 1. The fourth-order valence-electron chi connectivity index (χ4n) is 5.50. The molecule has 1 heterocycles. The van der Waals surface area contributed by atoms with Crippen LogP contribution in [0.3, 0.4) is 0 Å². The highest BCUT2D eigenvalue weighted by Gasteiger charge is 2.49. The minimum atomic E-state index is -1.32. The van der Waals surface area contributed by atoms with E-state index in [1.165, 1.54) is 6.07 Å². The molecular formula is C30H35FN4O3. The van der Waals surface area contributed by atoms with Crippen molar-refractivity contribution in [2.75, 3.05) is 4.90 Å². The van der Waals surface area contributed by atoms with Gasteiger partial charge in [-0.05, 0) is 57.2 Å². The first kappa shape index (κ1) is 27.2. The summed E-state index contributed by atoms with van der Waals surface area (Å²) in [5.74, 6) is -2.59. The Morgan fingerprint density at radius 3 is 2.24 bits per heavy atom. The van der Waals surface area contributed by atoms with E-state index in [9.17, 15) is 14.4 Å². The Kier molecular flexibility index (Phi) is 7.81. The third-order valence-electron chi connectivity index (χ3n) is 7.38. The van der Waals surface area contributed by atoms with Gasteiger partial charge < -0.3 is 16.0 Å². The number of para-hydroxylation sites is 1. The van der Waals surface area contributed by atoms with E-state index in [0.717, 1.165) is 0 Å². The zero-order chi connectivity index (χ0) is 27.6. The third kappa shape index (κ3) is 4.99. The minimum absolute atomic E-state index is 0.0984. The smallest absolute Gasteiger partial charge is 0.272 e. The molecule has 2 aromatic rings. The molecule has 0 radical (unpaired) electrons. The highest BCUT2D eigenvalue weighted by molar-refractivity contribution is 6.20. The van der Waals surface area contributed by atoms with Crippen LogP contribution < -0.4 is 16.0 Å². The molecule has 0 saturated heterocycles. The number of primary amides is 1. The number of hydrogen-bond acceptors (Lipinski definition) is 4. The number of benzene rings is 2. The fraction of sp³-hybridized carbons (Fsp3) is 0.400. The van der Waals surface area contributed by atoms with Gasteiger partial charge in [0.2, 0.25) is 18.0 Å². The standard InChI is InChI=1S/C30H35FN4O3/c1-18(2)17-22(30(29(32)38)15-9-10-16-30)27(36)34-26-28(37)35(19(3)4)24-14-8-6-12-21(24)25(33-26)20-11-5-7-13-23(20)31/h5-14,18-19,22,26H,15-17H2,1-4H3,(H2,32,38)(H,34,36)/t22-,26-/m0/s1. The van der Waals surface area contributed by atoms with Gasteiger partial charge in [-0.2, -0.15) is 0 Å². The van der Waals surface area contributed by atoms with Crippen LogP contribution in [0, 0.1) is 23.1 Å². The molecule has 7 nitrogen and oxygen atoms in total. The molecule has 4 rings (SSSR count). The molecule has 1 aliphatic carbocycles. The largest absolute Gasteiger partial charge is 0.369 e. The molecule has 0 saturated carbocycles. The number of aliphatic imine (C=N–C) groups is 1. The zero-order valence-corrected chi connectivity index (χ0v) is 22.3. The second kappa shape index (κ2) is 10.9. The maximum absolute atomic E-state index is 15.0. The van der Waals surface area contributed by atoms with E-state index in [2.05, 4.69) is 10.3 Å². The molecule has 38 heavy (non-hydrogen) atoms. The number of rotatable bonds is 8. The lowest BCUT2D eigenvalue weighted by molar-refractivity contribution is -0.141. The van der Waals surface area contributed by atoms with E-state index in [-0.39, 0.29) is 23.2 Å². The predicted octanol–water partition coefficient (Wildman–Crippen LogP) is 4.34. The molecule has 0 fully saturated rings. The number of benzodiazepines with no additional fused rings is 1. The molecule has 2 aromatic carbocycles. The lowest BCUT2D eigenvalue weighted by Gasteiger charge is -2.36. The Hall–Kier alpha value is -3.81. The zero-order valence-electron chi connectivity index (χ0n) is 22.3. The van der Waals surface area contributed by atoms with Gasteiger partial charge in [-0.25, -0.2) is 9.38 Å². The summed E-state index contributed by atoms with van der Waals surface area (Å²) >= 11 is 0. The van der Waals surface area contributed by atoms with Crippen molar-refractivity contribution in [1.29, 1.82) is 0 Å². The van der Waals surface area contributed by atoms with Crippen molar-refractivity contribution in [3.8, 4) is 0 Å². The highest BCUT2D eigenvalue weighted by Crippen LogP contribution is 2.43. The summed E-state index contributed by atoms with van der Waals surface area (Å²) in [6.45, 7) is 7.68. The number of halogens is 1. The van der Waals surface area contributed by atoms with E-state index < -0.39 is 41.0 Å². The Morgan fingerprint density at radius 1 is 1.05 bits per heavy atom. The molecule has 0 aromatic heterocycles. The van der Waals surface area contributed by atoms with E-state index in [1.807, 2.05) is 45.9 Å². The summed E-state index contributed by atoms with van der Waals surface area (Å²) < 4.78 is 15.0. The molecule has 200 valence electrons. The second-order valence-corrected chi connectivity index (χ2v) is 10.8. The maximum atomic E-state index is 15.0. The predicted molar refractivity (Wildman–Crippen MR) is 146 cm³/mol. The van der Waals surface area contributed by atoms with Crippen molar-refractivity contribution < 1.29 is 18.8 Å². The van der Waals surface area contributed by atoms with Crippen molar-refractivity contribution in [1.82, 2.24) is 5.32 Å². The van der Waals surface area contributed by atoms with Gasteiger partial charge in [0.25, 0.3) is 5.91 Å². The number of hydrogen-bond donors (Lipinski definition) is 2. The molecule has 2 aliphatic rings. The van der Waals surface area contributed by atoms with E-state index in [4.69, 9.17) is 5.73 Å². The summed E-state index contributed by atoms with van der Waals surface area (Å²) in [6, 6.07) is 13.2. The number of nitrogens with zero attached hydrogens (tertiary/aromatic N) is 2. The van der Waals surface area contributed by atoms with Gasteiger partial charge in [0.15, 0.2) is 0 Å². The molecule has 3 amide bonds. The Morgan fingerprint density at radius 2 is 1.66 bits per heavy atom. The van der Waals surface area contributed by atoms with Gasteiger partial charge in [-0.3, -0.25) is 14.4 Å². The normalized spacial score (nSPS) is 19.2. The van der Waals surface area contributed by atoms with Crippen LogP contribution in [0.1, 0.15) is 58.1 Å². The number of carbonyl (C=O) groups excluding carboxylic acids is 3. The SMILES string of the molecule is CC(C)C[C@@H](C(=O)N[C@@H]1N=C(c2ccccc2F)c2ccccc2N(C(C)C)C1=O)C1(C(N)=O)CC=CC1. The molecule has 3 N–H and O–H groups in total. The number of anilines is 1. The molecular weight excluding hydrogens is 483 g/mol. The van der Waals surface area contributed by atoms with Gasteiger partial charge in [-0.1, -0.05) is 56.3 Å². The van der Waals surface area contributed by atoms with Gasteiger partial charge in [-0.15, -0.1) is 0 Å². The van der Waals surface area contributed by atoms with Crippen molar-refractivity contribution in [3.05, 3.63) is 77.6 Å². The number of amides is 3. The van der Waals surface area contributed by atoms with Crippen molar-refractivity contribution in [3.63, 3.8) is 0 Å². The topological polar surface area (TPSA) is 105 Å². The Bertz CT molecular complexity index is 1290. The average Bonchev–Trinajstić information content (AvgIpc) is 3.33. The van der Waals surface area contributed by atoms with Gasteiger partial charge >= 0.3 is 0 Å². The number of nitrogens with two attached hydrogens (primary N) is 1. The average molecular weight is 519 g/mol. The van der Waals surface area contributed by atoms with Crippen LogP contribution in [-0.4, -0.2) is 35.6 Å². The summed E-state index contributed by atoms with van der Waals surface area (Å²) in [6.07, 6.45) is 3.55. The van der Waals surface area contributed by atoms with Crippen LogP contribution >= 0.6 is 0 Å². The molecule has 0 unspecified atom stereocenters. The van der Waals surface area contributed by atoms with Crippen LogP contribution in [0.15, 0.2) is 65.7 Å². The first-order chi connectivity index (χ1) is 18.1. The quantitative estimate of drug-likeness (QED) is 0.508. The van der Waals surface area contributed by atoms with E-state index in [0.29, 0.717) is 30.5 Å². The molecule has 0 spiro atoms. The summed E-state index contributed by atoms with van der Waals surface area (Å²) in [5, 5.41) is 2.83. The van der Waals surface area contributed by atoms with Crippen molar-refractivity contribution >= 4 is 29.1 Å². The molecule has 0 bridgehead atoms. The fourth-order valence-corrected chi connectivity index (χ4v) is 5.50. The Balaban J connectivity index is 1.82. The minimum Gasteiger partial charge on any atom is -0.369 e. The first-order valence-corrected chi connectivity index (χ1v) is 13.1. The molecule has 8 heteroatoms. The van der Waals surface area contributed by atoms with Gasteiger partial charge in [0.1, 0.15) is 5.82 Å². The van der Waals surface area contributed by atoms with Crippen LogP contribution in [-0.2, 0) is 14.4 Å². The summed E-state index contributed by atoms with van der Waals surface area (Å²) in [7, 11) is 0. The number of allylic oxidation sites excluding steroid dienone is 2. The lowest BCUT2D eigenvalue weighted by atomic mass is 9.69. The van der Waals surface area contributed by atoms with Crippen molar-refractivity contribution in [2.45, 2.75) is 59.2 Å². The van der Waals surface area contributed by atoms with Gasteiger partial charge in [0, 0.05) is 17.2 Å². The summed E-state index contributed by atoms with van der Waals surface area (Å²) in [4.78, 5) is 46.8. The molecule has 2 atom stereocenters. The Labute approximate surface area is 223 Å². The lowest BCUT2D eigenvalue weighted by Crippen LogP contribution is -2.54. The second-order valence-electron chi connectivity index (χ2n) is 10.8. The highest BCUT2D eigenvalue weighted by atomic mass is 19.1. The third-order valence-corrected chi connectivity index (χ3v) is 7.38. The first-order valence-electron chi connectivity index (χ1n) is 13.1. The van der Waals surface area contributed by atoms with E-state index in [1.54, 1.807) is 41.3 Å². The van der Waals surface area contributed by atoms with Crippen LogP contribution in [0.5, 0.6) is 0 Å². The van der Waals surface area contributed by atoms with Crippen LogP contribution in [0.25, 0.3) is 0 Å². The van der Waals surface area contributed by atoms with Crippen LogP contribution in [0.4, 0.5) is 10.1 Å². The number of carbonyl (C=O) groups is 3. The van der Waals surface area contributed by atoms with Crippen LogP contribution in [0.2, 0.25) is 0 Å². The van der Waals surface area contributed by atoms with E-state index >= 15 is 4.39 Å². The monoisotopic (exact) mass is 518 g/mol. The summed E-state index contributed by atoms with van der Waals surface area (Å²) in [5.41, 5.74) is 6.46. The molecule has 1 aliphatic heterocycles. The maximum Gasteiger partial charge on any atom is 0.272 e. The van der Waals surface area contributed by atoms with Gasteiger partial charge in [0.05, 0.1) is 22.7 Å². The number of fused-ring (bicyclic) bond motifs is 1. The van der Waals surface area contributed by atoms with Crippen molar-refractivity contribution in [2.24, 2.45) is 28.0 Å².